The summed E-state index contributed by atoms with van der Waals surface area (Å²) in [7, 11) is 1.78. The molecule has 2 rings (SSSR count). The molecular weight excluding hydrogens is 465 g/mol. The summed E-state index contributed by atoms with van der Waals surface area (Å²) in [4.78, 5) is 6.80. The van der Waals surface area contributed by atoms with E-state index in [1.54, 1.807) is 13.4 Å². The Hall–Kier alpha value is -1.68. The summed E-state index contributed by atoms with van der Waals surface area (Å²) >= 11 is 0. The van der Waals surface area contributed by atoms with Gasteiger partial charge in [-0.05, 0) is 46.2 Å². The van der Waals surface area contributed by atoms with Gasteiger partial charge in [-0.15, -0.1) is 34.2 Å². The minimum Gasteiger partial charge on any atom is -0.356 e. The van der Waals surface area contributed by atoms with Crippen molar-refractivity contribution in [2.75, 3.05) is 20.1 Å². The molecule has 0 radical (unpaired) electrons. The number of hydrogen-bond donors (Lipinski definition) is 2. The molecule has 0 fully saturated rings. The maximum Gasteiger partial charge on any atom is 0.191 e. The first-order valence-corrected chi connectivity index (χ1v) is 9.67. The van der Waals surface area contributed by atoms with Crippen LogP contribution in [0, 0.1) is 0 Å². The Morgan fingerprint density at radius 3 is 2.39 bits per heavy atom. The molecule has 2 aromatic rings. The van der Waals surface area contributed by atoms with E-state index in [1.807, 2.05) is 34.9 Å². The molecule has 1 aromatic carbocycles. The summed E-state index contributed by atoms with van der Waals surface area (Å²) in [6.07, 6.45) is 2.80. The van der Waals surface area contributed by atoms with Crippen molar-refractivity contribution in [3.8, 4) is 5.69 Å². The topological polar surface area (TPSA) is 70.4 Å². The Morgan fingerprint density at radius 1 is 1.11 bits per heavy atom. The molecule has 0 bridgehead atoms. The van der Waals surface area contributed by atoms with Crippen molar-refractivity contribution in [3.63, 3.8) is 0 Å². The van der Waals surface area contributed by atoms with E-state index >= 15 is 0 Å². The number of aromatic nitrogens is 3. The zero-order chi connectivity index (χ0) is 19.6. The molecule has 0 unspecified atom stereocenters. The molecule has 0 spiro atoms. The lowest BCUT2D eigenvalue weighted by Crippen LogP contribution is -2.41. The first-order chi connectivity index (χ1) is 13.0. The Bertz CT molecular complexity index is 690. The van der Waals surface area contributed by atoms with E-state index in [-0.39, 0.29) is 24.0 Å². The fourth-order valence-corrected chi connectivity index (χ4v) is 3.15. The highest BCUT2D eigenvalue weighted by Gasteiger charge is 2.12. The molecule has 0 aliphatic rings. The highest BCUT2D eigenvalue weighted by atomic mass is 127. The molecular formula is C20H34IN7. The average Bonchev–Trinajstić information content (AvgIpc) is 3.12. The van der Waals surface area contributed by atoms with E-state index in [0.717, 1.165) is 37.0 Å². The molecule has 0 saturated heterocycles. The van der Waals surface area contributed by atoms with Crippen LogP contribution in [-0.2, 0) is 6.54 Å². The van der Waals surface area contributed by atoms with Crippen molar-refractivity contribution in [3.05, 3.63) is 42.5 Å². The number of guanidine groups is 1. The first-order valence-electron chi connectivity index (χ1n) is 9.67. The van der Waals surface area contributed by atoms with E-state index in [0.29, 0.717) is 18.6 Å². The maximum atomic E-state index is 4.30. The Morgan fingerprint density at radius 2 is 1.79 bits per heavy atom. The summed E-state index contributed by atoms with van der Waals surface area (Å²) in [5.41, 5.74) is 1.05. The van der Waals surface area contributed by atoms with Crippen molar-refractivity contribution >= 4 is 29.9 Å². The molecule has 0 aliphatic heterocycles. The number of nitrogens with one attached hydrogen (secondary N) is 2. The van der Waals surface area contributed by atoms with Crippen LogP contribution < -0.4 is 10.6 Å². The molecule has 7 nitrogen and oxygen atoms in total. The third kappa shape index (κ3) is 7.38. The zero-order valence-corrected chi connectivity index (χ0v) is 19.9. The van der Waals surface area contributed by atoms with Gasteiger partial charge in [0.2, 0.25) is 0 Å². The van der Waals surface area contributed by atoms with Gasteiger partial charge in [0.25, 0.3) is 0 Å². The van der Waals surface area contributed by atoms with E-state index in [2.05, 4.69) is 58.4 Å². The Kier molecular flexibility index (Phi) is 11.1. The van der Waals surface area contributed by atoms with Crippen LogP contribution in [0.25, 0.3) is 5.69 Å². The van der Waals surface area contributed by atoms with E-state index in [1.165, 1.54) is 0 Å². The van der Waals surface area contributed by atoms with E-state index in [4.69, 9.17) is 0 Å². The van der Waals surface area contributed by atoms with Gasteiger partial charge in [-0.3, -0.25) is 14.5 Å². The number of hydrogen-bond acceptors (Lipinski definition) is 4. The molecule has 0 saturated carbocycles. The zero-order valence-electron chi connectivity index (χ0n) is 17.6. The SMILES string of the molecule is CN=C(NCCCN(C(C)C)C(C)C)NCc1nncn1-c1ccccc1.I. The van der Waals surface area contributed by atoms with Crippen molar-refractivity contribution in [2.24, 2.45) is 4.99 Å². The minimum absolute atomic E-state index is 0. The quantitative estimate of drug-likeness (QED) is 0.240. The lowest BCUT2D eigenvalue weighted by atomic mass is 10.2. The van der Waals surface area contributed by atoms with Crippen LogP contribution in [0.2, 0.25) is 0 Å². The largest absolute Gasteiger partial charge is 0.356 e. The third-order valence-corrected chi connectivity index (χ3v) is 4.50. The number of rotatable bonds is 9. The van der Waals surface area contributed by atoms with Crippen LogP contribution in [0.1, 0.15) is 39.9 Å². The van der Waals surface area contributed by atoms with Gasteiger partial charge in [0.05, 0.1) is 6.54 Å². The lowest BCUT2D eigenvalue weighted by Gasteiger charge is -2.30. The van der Waals surface area contributed by atoms with Gasteiger partial charge in [0.1, 0.15) is 6.33 Å². The Balaban J connectivity index is 0.00000392. The summed E-state index contributed by atoms with van der Waals surface area (Å²) in [6, 6.07) is 11.2. The number of halogens is 1. The van der Waals surface area contributed by atoms with Crippen molar-refractivity contribution in [2.45, 2.75) is 52.7 Å². The molecule has 0 amide bonds. The number of aliphatic imine (C=N–C) groups is 1. The molecule has 0 atom stereocenters. The van der Waals surface area contributed by atoms with Crippen LogP contribution in [0.3, 0.4) is 0 Å². The normalized spacial score (nSPS) is 11.8. The van der Waals surface area contributed by atoms with Crippen molar-refractivity contribution in [1.82, 2.24) is 30.3 Å². The number of benzene rings is 1. The highest BCUT2D eigenvalue weighted by molar-refractivity contribution is 14.0. The highest BCUT2D eigenvalue weighted by Crippen LogP contribution is 2.08. The molecule has 1 heterocycles. The van der Waals surface area contributed by atoms with Gasteiger partial charge in [0.15, 0.2) is 11.8 Å². The molecule has 8 heteroatoms. The second-order valence-electron chi connectivity index (χ2n) is 7.08. The predicted molar refractivity (Wildman–Crippen MR) is 127 cm³/mol. The van der Waals surface area contributed by atoms with Crippen LogP contribution >= 0.6 is 24.0 Å². The van der Waals surface area contributed by atoms with Crippen LogP contribution in [0.5, 0.6) is 0 Å². The fourth-order valence-electron chi connectivity index (χ4n) is 3.15. The summed E-state index contributed by atoms with van der Waals surface area (Å²) in [5, 5.41) is 15.0. The van der Waals surface area contributed by atoms with Gasteiger partial charge in [0, 0.05) is 37.9 Å². The van der Waals surface area contributed by atoms with Crippen LogP contribution in [0.15, 0.2) is 41.7 Å². The van der Waals surface area contributed by atoms with Gasteiger partial charge in [-0.1, -0.05) is 18.2 Å². The summed E-state index contributed by atoms with van der Waals surface area (Å²) in [6.45, 7) is 11.5. The first kappa shape index (κ1) is 24.4. The second kappa shape index (κ2) is 12.7. The lowest BCUT2D eigenvalue weighted by molar-refractivity contribution is 0.173. The van der Waals surface area contributed by atoms with Gasteiger partial charge >= 0.3 is 0 Å². The van der Waals surface area contributed by atoms with Gasteiger partial charge < -0.3 is 10.6 Å². The molecule has 156 valence electrons. The van der Waals surface area contributed by atoms with Gasteiger partial charge in [-0.2, -0.15) is 0 Å². The number of nitrogens with zero attached hydrogens (tertiary/aromatic N) is 5. The van der Waals surface area contributed by atoms with Crippen molar-refractivity contribution < 1.29 is 0 Å². The predicted octanol–water partition coefficient (Wildman–Crippen LogP) is 3.06. The molecule has 2 N–H and O–H groups in total. The molecule has 1 aromatic heterocycles. The van der Waals surface area contributed by atoms with Crippen LogP contribution in [-0.4, -0.2) is 57.8 Å². The fraction of sp³-hybridized carbons (Fsp3) is 0.550. The minimum atomic E-state index is 0. The van der Waals surface area contributed by atoms with Gasteiger partial charge in [-0.25, -0.2) is 0 Å². The van der Waals surface area contributed by atoms with E-state index < -0.39 is 0 Å². The maximum absolute atomic E-state index is 4.30. The number of para-hydroxylation sites is 1. The third-order valence-electron chi connectivity index (χ3n) is 4.50. The Labute approximate surface area is 186 Å². The summed E-state index contributed by atoms with van der Waals surface area (Å²) in [5.74, 6) is 1.62. The molecule has 0 aliphatic carbocycles. The average molecular weight is 499 g/mol. The monoisotopic (exact) mass is 499 g/mol. The van der Waals surface area contributed by atoms with Crippen LogP contribution in [0.4, 0.5) is 0 Å². The second-order valence-corrected chi connectivity index (χ2v) is 7.08. The smallest absolute Gasteiger partial charge is 0.191 e. The van der Waals surface area contributed by atoms with E-state index in [9.17, 15) is 0 Å². The standard InChI is InChI=1S/C20H33N7.HI/c1-16(2)26(17(3)4)13-9-12-22-20(21-5)23-14-19-25-24-15-27(19)18-10-7-6-8-11-18;/h6-8,10-11,15-17H,9,12-14H2,1-5H3,(H2,21,22,23);1H. The summed E-state index contributed by atoms with van der Waals surface area (Å²) < 4.78 is 1.98. The molecule has 28 heavy (non-hydrogen) atoms. The van der Waals surface area contributed by atoms with Crippen molar-refractivity contribution in [1.29, 1.82) is 0 Å².